The Bertz CT molecular complexity index is 3530. The first-order chi connectivity index (χ1) is 41.7. The van der Waals surface area contributed by atoms with Gasteiger partial charge in [0.15, 0.2) is 23.0 Å². The highest BCUT2D eigenvalue weighted by atomic mass is 32.1. The standard InChI is InChI=1S/C62H75F4N9O12S/c1-10-74-33-46(54(71-74)62(64,65)66)44-26-40(31-73-18-17-72(9)58(73)70-59(81)87-61(6,7)8)27-45-51(78)42(34-86-52(44)45)25-39-13-16-47(63)49(28-39)85-24-23-83-20-19-82-21-22-84-35-50(77)69-55(60(3,4)5)57(80)75-32-43(76)29-48(75)56(79)67-30-38-11-14-41(15-12-38)53-37(2)68-36-88-53/h11-18,26-28,33,36,42-43,48,55,76H,10,19-25,29-32,34-35H2,1-9H3,(H,67,79)(H,69,77)/t42?,43-,48+,55-/m1/s1. The Morgan fingerprint density at radius 2 is 1.57 bits per heavy atom. The van der Waals surface area contributed by atoms with E-state index in [0.29, 0.717) is 11.1 Å². The van der Waals surface area contributed by atoms with Crippen LogP contribution in [0, 0.1) is 24.1 Å². The average Bonchev–Trinajstić information content (AvgIpc) is 1.67. The molecule has 2 aliphatic rings. The maximum atomic E-state index is 15.1. The van der Waals surface area contributed by atoms with Crippen molar-refractivity contribution in [3.8, 4) is 33.1 Å². The van der Waals surface area contributed by atoms with Gasteiger partial charge in [0, 0.05) is 62.8 Å². The molecule has 0 radical (unpaired) electrons. The zero-order valence-corrected chi connectivity index (χ0v) is 51.5. The van der Waals surface area contributed by atoms with Gasteiger partial charge in [-0.05, 0) is 93.0 Å². The van der Waals surface area contributed by atoms with E-state index in [-0.39, 0.29) is 126 Å². The third-order valence-corrected chi connectivity index (χ3v) is 15.5. The van der Waals surface area contributed by atoms with E-state index < -0.39 is 82.4 Å². The van der Waals surface area contributed by atoms with Crippen LogP contribution in [0.2, 0.25) is 0 Å². The number of carbonyl (C=O) groups excluding carboxylic acids is 5. The minimum atomic E-state index is -4.85. The third kappa shape index (κ3) is 17.1. The number of halogens is 4. The number of benzene rings is 3. The van der Waals surface area contributed by atoms with E-state index in [1.807, 2.05) is 31.2 Å². The summed E-state index contributed by atoms with van der Waals surface area (Å²) < 4.78 is 97.1. The number of hydrogen-bond donors (Lipinski definition) is 3. The number of β-amino-alcohol motifs (C(OH)–C–C–N with tert-alkyl or cyclic N) is 1. The number of alkyl halides is 3. The summed E-state index contributed by atoms with van der Waals surface area (Å²) >= 11 is 1.55. The largest absolute Gasteiger partial charge is 0.491 e. The maximum absolute atomic E-state index is 15.1. The predicted molar refractivity (Wildman–Crippen MR) is 316 cm³/mol. The van der Waals surface area contributed by atoms with Gasteiger partial charge in [-0.15, -0.1) is 16.3 Å². The minimum Gasteiger partial charge on any atom is -0.491 e. The number of hydrogen-bond acceptors (Lipinski definition) is 15. The molecule has 0 spiro atoms. The van der Waals surface area contributed by atoms with Crippen LogP contribution in [-0.2, 0) is 72.6 Å². The Hall–Kier alpha value is -7.78. The Morgan fingerprint density at radius 1 is 0.886 bits per heavy atom. The van der Waals surface area contributed by atoms with Gasteiger partial charge in [0.2, 0.25) is 23.3 Å². The number of amides is 4. The monoisotopic (exact) mass is 1250 g/mol. The van der Waals surface area contributed by atoms with E-state index >= 15 is 4.39 Å². The van der Waals surface area contributed by atoms with E-state index in [4.69, 9.17) is 28.4 Å². The van der Waals surface area contributed by atoms with Crippen molar-refractivity contribution < 1.29 is 75.1 Å². The van der Waals surface area contributed by atoms with E-state index in [0.717, 1.165) is 26.4 Å². The molecule has 26 heteroatoms. The Labute approximate surface area is 510 Å². The molecule has 3 aromatic carbocycles. The van der Waals surface area contributed by atoms with Crippen molar-refractivity contribution in [2.24, 2.45) is 23.4 Å². The van der Waals surface area contributed by atoms with E-state index in [1.165, 1.54) is 35.4 Å². The number of ketones is 1. The molecule has 0 aliphatic carbocycles. The van der Waals surface area contributed by atoms with Crippen LogP contribution in [0.3, 0.4) is 0 Å². The lowest BCUT2D eigenvalue weighted by atomic mass is 9.85. The van der Waals surface area contributed by atoms with Crippen LogP contribution in [0.5, 0.6) is 11.5 Å². The van der Waals surface area contributed by atoms with Gasteiger partial charge in [0.1, 0.15) is 36.6 Å². The number of rotatable bonds is 24. The molecular weight excluding hydrogens is 1170 g/mol. The first-order valence-electron chi connectivity index (χ1n) is 28.8. The van der Waals surface area contributed by atoms with Gasteiger partial charge in [0.25, 0.3) is 0 Å². The molecule has 1 unspecified atom stereocenters. The molecule has 1 saturated heterocycles. The molecule has 5 heterocycles. The first-order valence-corrected chi connectivity index (χ1v) is 29.7. The number of likely N-dealkylation sites (tertiary alicyclic amines) is 1. The molecule has 0 bridgehead atoms. The molecular formula is C62H75F4N9O12S. The molecule has 88 heavy (non-hydrogen) atoms. The number of nitrogens with zero attached hydrogens (tertiary/aromatic N) is 7. The van der Waals surface area contributed by atoms with Crippen LogP contribution >= 0.6 is 11.3 Å². The maximum Gasteiger partial charge on any atom is 0.437 e. The summed E-state index contributed by atoms with van der Waals surface area (Å²) in [5.74, 6) is -3.50. The van der Waals surface area contributed by atoms with Crippen LogP contribution in [0.1, 0.15) is 93.3 Å². The topological polar surface area (TPSA) is 241 Å². The quantitative estimate of drug-likeness (QED) is 0.0386. The van der Waals surface area contributed by atoms with Crippen LogP contribution in [-0.4, -0.2) is 147 Å². The summed E-state index contributed by atoms with van der Waals surface area (Å²) in [7, 11) is 1.66. The highest BCUT2D eigenvalue weighted by Crippen LogP contribution is 2.44. The summed E-state index contributed by atoms with van der Waals surface area (Å²) in [5.41, 5.74) is 2.73. The fourth-order valence-electron chi connectivity index (χ4n) is 10.2. The second-order valence-electron chi connectivity index (χ2n) is 23.6. The molecule has 2 aliphatic heterocycles. The van der Waals surface area contributed by atoms with Gasteiger partial charge >= 0.3 is 12.3 Å². The number of imidazole rings is 1. The van der Waals surface area contributed by atoms with Gasteiger partial charge in [-0.1, -0.05) is 51.1 Å². The normalized spacial score (nSPS) is 16.8. The molecule has 21 nitrogen and oxygen atoms in total. The summed E-state index contributed by atoms with van der Waals surface area (Å²) in [6.07, 6.45) is -1.96. The summed E-state index contributed by atoms with van der Waals surface area (Å²) in [4.78, 5) is 78.7. The van der Waals surface area contributed by atoms with Crippen LogP contribution in [0.15, 0.2) is 83.7 Å². The summed E-state index contributed by atoms with van der Waals surface area (Å²) in [5, 5.41) is 20.1. The van der Waals surface area contributed by atoms with Crippen molar-refractivity contribution in [3.05, 3.63) is 124 Å². The number of nitrogens with one attached hydrogen (secondary N) is 2. The molecule has 4 atom stereocenters. The van der Waals surface area contributed by atoms with Crippen LogP contribution < -0.4 is 25.7 Å². The number of Topliss-reactive ketones (excluding diaryl/α,β-unsaturated/α-hetero) is 1. The zero-order chi connectivity index (χ0) is 63.7. The average molecular weight is 1250 g/mol. The van der Waals surface area contributed by atoms with E-state index in [2.05, 4.69) is 25.7 Å². The first kappa shape index (κ1) is 66.2. The number of ether oxygens (including phenoxy) is 6. The van der Waals surface area contributed by atoms with Gasteiger partial charge in [0.05, 0.1) is 79.9 Å². The number of aliphatic hydroxyl groups is 1. The van der Waals surface area contributed by atoms with Crippen molar-refractivity contribution in [1.29, 1.82) is 0 Å². The minimum absolute atomic E-state index is 0.00580. The SMILES string of the molecule is CCn1cc(-c2cc(Cn3ccn(C)c3=NC(=O)OC(C)(C)C)cc3c2OCC(Cc2ccc(F)c(OCCOCCOCCOCC(=O)N[C@H](C(=O)N4C[C@H](O)C[C@H]4C(=O)NCc4ccc(-c5scnc5C)cc4)C(C)(C)C)c2)C3=O)c(C(F)(F)F)n1. The number of aromatic nitrogens is 5. The number of aryl methyl sites for hydroxylation is 3. The predicted octanol–water partition coefficient (Wildman–Crippen LogP) is 7.86. The summed E-state index contributed by atoms with van der Waals surface area (Å²) in [6, 6.07) is 13.0. The van der Waals surface area contributed by atoms with Gasteiger partial charge < -0.3 is 58.2 Å². The molecule has 474 valence electrons. The number of aliphatic hydroxyl groups excluding tert-OH is 1. The van der Waals surface area contributed by atoms with Crippen molar-refractivity contribution in [2.45, 2.75) is 118 Å². The molecule has 3 N–H and O–H groups in total. The second kappa shape index (κ2) is 28.6. The lowest BCUT2D eigenvalue weighted by molar-refractivity contribution is -0.144. The van der Waals surface area contributed by atoms with Crippen molar-refractivity contribution in [3.63, 3.8) is 0 Å². The number of fused-ring (bicyclic) bond motifs is 1. The smallest absolute Gasteiger partial charge is 0.437 e. The third-order valence-electron chi connectivity index (χ3n) is 14.5. The molecule has 0 saturated carbocycles. The van der Waals surface area contributed by atoms with Crippen LogP contribution in [0.25, 0.3) is 21.6 Å². The van der Waals surface area contributed by atoms with E-state index in [9.17, 15) is 42.3 Å². The van der Waals surface area contributed by atoms with Crippen LogP contribution in [0.4, 0.5) is 22.4 Å². The fraction of sp³-hybridized carbons (Fsp3) is 0.484. The lowest BCUT2D eigenvalue weighted by Crippen LogP contribution is -2.58. The lowest BCUT2D eigenvalue weighted by Gasteiger charge is -2.35. The molecule has 6 aromatic rings. The molecule has 1 fully saturated rings. The molecule has 4 amide bonds. The zero-order valence-electron chi connectivity index (χ0n) is 50.7. The highest BCUT2D eigenvalue weighted by molar-refractivity contribution is 7.13. The molecule has 8 rings (SSSR count). The molecule has 3 aromatic heterocycles. The van der Waals surface area contributed by atoms with Gasteiger partial charge in [-0.3, -0.25) is 23.9 Å². The number of thiazole rings is 1. The van der Waals surface area contributed by atoms with E-state index in [1.54, 1.807) is 100.0 Å². The Kier molecular flexibility index (Phi) is 21.5. The summed E-state index contributed by atoms with van der Waals surface area (Å²) in [6.45, 7) is 14.2. The van der Waals surface area contributed by atoms with Crippen molar-refractivity contribution >= 4 is 40.9 Å². The van der Waals surface area contributed by atoms with Gasteiger partial charge in [-0.2, -0.15) is 18.3 Å². The number of carbonyl (C=O) groups is 5. The Morgan fingerprint density at radius 3 is 2.23 bits per heavy atom. The van der Waals surface area contributed by atoms with Crippen molar-refractivity contribution in [2.75, 3.05) is 59.4 Å². The second-order valence-corrected chi connectivity index (χ2v) is 24.5. The van der Waals surface area contributed by atoms with Crippen molar-refractivity contribution in [1.82, 2.24) is 39.4 Å². The Balaban J connectivity index is 0.785. The fourth-order valence-corrected chi connectivity index (χ4v) is 11.0. The van der Waals surface area contributed by atoms with Gasteiger partial charge in [-0.25, -0.2) is 14.2 Å². The highest BCUT2D eigenvalue weighted by Gasteiger charge is 2.45.